The van der Waals surface area contributed by atoms with Gasteiger partial charge in [-0.05, 0) is 6.07 Å². The molecule has 0 unspecified atom stereocenters. The van der Waals surface area contributed by atoms with Crippen LogP contribution in [-0.4, -0.2) is 32.4 Å². The summed E-state index contributed by atoms with van der Waals surface area (Å²) in [6.07, 6.45) is 4.64. The van der Waals surface area contributed by atoms with Gasteiger partial charge in [0.15, 0.2) is 0 Å². The molecule has 2 rings (SSSR count). The number of carbonyl (C=O) groups excluding carboxylic acids is 1. The van der Waals surface area contributed by atoms with Crippen molar-refractivity contribution < 1.29 is 4.79 Å². The number of aromatic nitrogens is 4. The molecule has 2 aromatic heterocycles. The summed E-state index contributed by atoms with van der Waals surface area (Å²) >= 11 is 5.71. The lowest BCUT2D eigenvalue weighted by molar-refractivity contribution is 0.0952. The van der Waals surface area contributed by atoms with Crippen LogP contribution in [0.3, 0.4) is 0 Å². The first-order chi connectivity index (χ1) is 8.66. The Bertz CT molecular complexity index is 541. The second-order valence-electron chi connectivity index (χ2n) is 3.52. The van der Waals surface area contributed by atoms with Crippen LogP contribution in [0.5, 0.6) is 0 Å². The summed E-state index contributed by atoms with van der Waals surface area (Å²) in [5.74, 6) is -0.295. The molecule has 0 aliphatic rings. The third-order valence-corrected chi connectivity index (χ3v) is 2.45. The minimum absolute atomic E-state index is 0.227. The minimum Gasteiger partial charge on any atom is -0.397 e. The zero-order chi connectivity index (χ0) is 13.0. The lowest BCUT2D eigenvalue weighted by Gasteiger charge is -2.07. The summed E-state index contributed by atoms with van der Waals surface area (Å²) in [5, 5.41) is 10.4. The number of nitrogens with one attached hydrogen (secondary N) is 1. The van der Waals surface area contributed by atoms with Crippen LogP contribution in [0.15, 0.2) is 24.7 Å². The van der Waals surface area contributed by atoms with Gasteiger partial charge in [-0.15, -0.1) is 5.10 Å². The fourth-order valence-corrected chi connectivity index (χ4v) is 1.53. The minimum atomic E-state index is -0.295. The van der Waals surface area contributed by atoms with Crippen molar-refractivity contribution in [1.29, 1.82) is 0 Å². The molecule has 0 spiro atoms. The highest BCUT2D eigenvalue weighted by Crippen LogP contribution is 2.14. The van der Waals surface area contributed by atoms with Gasteiger partial charge in [0.1, 0.15) is 5.15 Å². The fourth-order valence-electron chi connectivity index (χ4n) is 1.37. The summed E-state index contributed by atoms with van der Waals surface area (Å²) in [6, 6.07) is 1.43. The molecule has 18 heavy (non-hydrogen) atoms. The van der Waals surface area contributed by atoms with Gasteiger partial charge < -0.3 is 11.1 Å². The maximum atomic E-state index is 11.8. The van der Waals surface area contributed by atoms with Gasteiger partial charge in [0.05, 0.1) is 30.2 Å². The Balaban J connectivity index is 1.93. The Hall–Kier alpha value is -2.15. The Kier molecular flexibility index (Phi) is 3.73. The number of amides is 1. The maximum Gasteiger partial charge on any atom is 0.253 e. The molecule has 8 heteroatoms. The molecule has 3 N–H and O–H groups in total. The molecule has 0 bridgehead atoms. The van der Waals surface area contributed by atoms with Crippen molar-refractivity contribution >= 4 is 23.2 Å². The van der Waals surface area contributed by atoms with Gasteiger partial charge in [-0.25, -0.2) is 4.98 Å². The second kappa shape index (κ2) is 5.46. The lowest BCUT2D eigenvalue weighted by Crippen LogP contribution is -2.28. The second-order valence-corrected chi connectivity index (χ2v) is 3.90. The molecule has 7 nitrogen and oxygen atoms in total. The van der Waals surface area contributed by atoms with E-state index in [-0.39, 0.29) is 16.7 Å². The predicted octanol–water partition coefficient (Wildman–Crippen LogP) is 0.339. The molecular weight excluding hydrogens is 256 g/mol. The fraction of sp³-hybridized carbons (Fsp3) is 0.200. The number of hydrogen-bond acceptors (Lipinski definition) is 5. The van der Waals surface area contributed by atoms with Gasteiger partial charge >= 0.3 is 0 Å². The van der Waals surface area contributed by atoms with Crippen LogP contribution in [-0.2, 0) is 6.54 Å². The van der Waals surface area contributed by atoms with Crippen LogP contribution in [0.25, 0.3) is 0 Å². The van der Waals surface area contributed by atoms with E-state index < -0.39 is 0 Å². The van der Waals surface area contributed by atoms with E-state index in [0.29, 0.717) is 18.7 Å². The summed E-state index contributed by atoms with van der Waals surface area (Å²) < 4.78 is 1.61. The molecular formula is C10H11ClN6O. The van der Waals surface area contributed by atoms with Gasteiger partial charge in [-0.3, -0.25) is 9.48 Å². The van der Waals surface area contributed by atoms with Crippen molar-refractivity contribution in [3.8, 4) is 0 Å². The first-order valence-electron chi connectivity index (χ1n) is 5.20. The van der Waals surface area contributed by atoms with Gasteiger partial charge in [0, 0.05) is 12.7 Å². The molecule has 0 fully saturated rings. The number of carbonyl (C=O) groups is 1. The van der Waals surface area contributed by atoms with Crippen molar-refractivity contribution in [2.45, 2.75) is 6.54 Å². The number of rotatable bonds is 4. The number of nitrogen functional groups attached to an aromatic ring is 1. The van der Waals surface area contributed by atoms with Crippen molar-refractivity contribution in [2.24, 2.45) is 0 Å². The SMILES string of the molecule is Nc1cnc(Cl)cc1C(=O)NCCn1ccnn1. The van der Waals surface area contributed by atoms with E-state index >= 15 is 0 Å². The van der Waals surface area contributed by atoms with Gasteiger partial charge in [-0.2, -0.15) is 0 Å². The number of nitrogens with zero attached hydrogens (tertiary/aromatic N) is 4. The van der Waals surface area contributed by atoms with E-state index in [1.54, 1.807) is 17.1 Å². The molecule has 2 aromatic rings. The van der Waals surface area contributed by atoms with Crippen LogP contribution in [0.2, 0.25) is 5.15 Å². The summed E-state index contributed by atoms with van der Waals surface area (Å²) in [7, 11) is 0. The van der Waals surface area contributed by atoms with Crippen molar-refractivity contribution in [1.82, 2.24) is 25.3 Å². The molecule has 94 valence electrons. The molecule has 0 atom stereocenters. The highest BCUT2D eigenvalue weighted by atomic mass is 35.5. The van der Waals surface area contributed by atoms with Crippen LogP contribution in [0, 0.1) is 0 Å². The number of nitrogens with two attached hydrogens (primary N) is 1. The highest BCUT2D eigenvalue weighted by molar-refractivity contribution is 6.29. The molecule has 0 saturated heterocycles. The average Bonchev–Trinajstić information content (AvgIpc) is 2.85. The third-order valence-electron chi connectivity index (χ3n) is 2.24. The molecule has 1 amide bonds. The predicted molar refractivity (Wildman–Crippen MR) is 66.0 cm³/mol. The monoisotopic (exact) mass is 266 g/mol. The van der Waals surface area contributed by atoms with Crippen LogP contribution in [0.4, 0.5) is 5.69 Å². The van der Waals surface area contributed by atoms with E-state index in [1.165, 1.54) is 12.3 Å². The van der Waals surface area contributed by atoms with E-state index in [9.17, 15) is 4.79 Å². The smallest absolute Gasteiger partial charge is 0.253 e. The number of halogens is 1. The number of pyridine rings is 1. The Labute approximate surface area is 108 Å². The number of hydrogen-bond donors (Lipinski definition) is 2. The average molecular weight is 267 g/mol. The Morgan fingerprint density at radius 1 is 1.56 bits per heavy atom. The largest absolute Gasteiger partial charge is 0.397 e. The van der Waals surface area contributed by atoms with Gasteiger partial charge in [-0.1, -0.05) is 16.8 Å². The van der Waals surface area contributed by atoms with Crippen LogP contribution < -0.4 is 11.1 Å². The first-order valence-corrected chi connectivity index (χ1v) is 5.58. The molecule has 0 aliphatic carbocycles. The van der Waals surface area contributed by atoms with E-state index in [1.807, 2.05) is 0 Å². The van der Waals surface area contributed by atoms with E-state index in [4.69, 9.17) is 17.3 Å². The quantitative estimate of drug-likeness (QED) is 0.778. The Morgan fingerprint density at radius 3 is 3.11 bits per heavy atom. The van der Waals surface area contributed by atoms with Crippen LogP contribution in [0.1, 0.15) is 10.4 Å². The topological polar surface area (TPSA) is 98.7 Å². The Morgan fingerprint density at radius 2 is 2.39 bits per heavy atom. The maximum absolute atomic E-state index is 11.8. The van der Waals surface area contributed by atoms with Crippen molar-refractivity contribution in [3.05, 3.63) is 35.4 Å². The highest BCUT2D eigenvalue weighted by Gasteiger charge is 2.10. The van der Waals surface area contributed by atoms with E-state index in [0.717, 1.165) is 0 Å². The van der Waals surface area contributed by atoms with Crippen LogP contribution >= 0.6 is 11.6 Å². The summed E-state index contributed by atoms with van der Waals surface area (Å²) in [5.41, 5.74) is 6.25. The first kappa shape index (κ1) is 12.3. The zero-order valence-electron chi connectivity index (χ0n) is 9.38. The summed E-state index contributed by atoms with van der Waals surface area (Å²) in [6.45, 7) is 0.950. The number of anilines is 1. The standard InChI is InChI=1S/C10H11ClN6O/c11-9-5-7(8(12)6-14-9)10(18)13-1-3-17-4-2-15-16-17/h2,4-6H,1,3,12H2,(H,13,18). The third kappa shape index (κ3) is 2.95. The molecule has 0 radical (unpaired) electrons. The van der Waals surface area contributed by atoms with E-state index in [2.05, 4.69) is 20.6 Å². The zero-order valence-corrected chi connectivity index (χ0v) is 10.1. The van der Waals surface area contributed by atoms with Crippen molar-refractivity contribution in [2.75, 3.05) is 12.3 Å². The molecule has 2 heterocycles. The van der Waals surface area contributed by atoms with Crippen molar-refractivity contribution in [3.63, 3.8) is 0 Å². The summed E-state index contributed by atoms with van der Waals surface area (Å²) in [4.78, 5) is 15.6. The van der Waals surface area contributed by atoms with Gasteiger partial charge in [0.25, 0.3) is 5.91 Å². The lowest BCUT2D eigenvalue weighted by atomic mass is 10.2. The van der Waals surface area contributed by atoms with Gasteiger partial charge in [0.2, 0.25) is 0 Å². The normalized spacial score (nSPS) is 10.3. The molecule has 0 saturated carbocycles. The molecule has 0 aliphatic heterocycles. The molecule has 0 aromatic carbocycles.